The van der Waals surface area contributed by atoms with Crippen molar-refractivity contribution < 1.29 is 4.79 Å². The van der Waals surface area contributed by atoms with Crippen LogP contribution in [0.3, 0.4) is 0 Å². The Morgan fingerprint density at radius 1 is 1.24 bits per heavy atom. The number of amides is 1. The van der Waals surface area contributed by atoms with E-state index in [0.717, 1.165) is 45.3 Å². The van der Waals surface area contributed by atoms with Crippen LogP contribution < -0.4 is 5.32 Å². The van der Waals surface area contributed by atoms with Crippen LogP contribution in [0.4, 0.5) is 0 Å². The Bertz CT molecular complexity index is 426. The third-order valence-electron chi connectivity index (χ3n) is 4.88. The highest BCUT2D eigenvalue weighted by Crippen LogP contribution is 2.36. The quantitative estimate of drug-likeness (QED) is 0.787. The minimum Gasteiger partial charge on any atom is -0.353 e. The highest BCUT2D eigenvalue weighted by Gasteiger charge is 2.47. The molecule has 0 unspecified atom stereocenters. The van der Waals surface area contributed by atoms with Crippen molar-refractivity contribution in [2.45, 2.75) is 64.8 Å². The van der Waals surface area contributed by atoms with Gasteiger partial charge in [-0.1, -0.05) is 36.1 Å². The Kier molecular flexibility index (Phi) is 5.63. The first-order valence-electron chi connectivity index (χ1n) is 8.37. The normalized spacial score (nSPS) is 22.4. The monoisotopic (exact) mass is 290 g/mol. The van der Waals surface area contributed by atoms with Crippen LogP contribution in [0.25, 0.3) is 0 Å². The second-order valence-corrected chi connectivity index (χ2v) is 6.81. The summed E-state index contributed by atoms with van der Waals surface area (Å²) < 4.78 is 0. The average molecular weight is 290 g/mol. The third-order valence-corrected chi connectivity index (χ3v) is 4.88. The molecule has 2 fully saturated rings. The van der Waals surface area contributed by atoms with Crippen molar-refractivity contribution in [1.82, 2.24) is 10.2 Å². The highest BCUT2D eigenvalue weighted by atomic mass is 16.2. The lowest BCUT2D eigenvalue weighted by Gasteiger charge is -2.43. The van der Waals surface area contributed by atoms with E-state index in [-0.39, 0.29) is 11.4 Å². The fourth-order valence-electron chi connectivity index (χ4n) is 3.55. The molecule has 0 aromatic carbocycles. The molecule has 1 saturated carbocycles. The number of hydrogen-bond acceptors (Lipinski definition) is 2. The number of hydrogen-bond donors (Lipinski definition) is 1. The maximum Gasteiger partial charge on any atom is 0.240 e. The zero-order chi connectivity index (χ0) is 15.3. The maximum atomic E-state index is 12.3. The van der Waals surface area contributed by atoms with Crippen molar-refractivity contribution in [3.63, 3.8) is 0 Å². The second-order valence-electron chi connectivity index (χ2n) is 6.81. The number of carbonyl (C=O) groups excluding carboxylic acids is 1. The summed E-state index contributed by atoms with van der Waals surface area (Å²) in [6.45, 7) is 9.22. The van der Waals surface area contributed by atoms with Gasteiger partial charge >= 0.3 is 0 Å². The molecule has 2 rings (SSSR count). The molecule has 1 spiro atoms. The summed E-state index contributed by atoms with van der Waals surface area (Å²) in [5.74, 6) is 0.266. The maximum absolute atomic E-state index is 12.3. The van der Waals surface area contributed by atoms with E-state index in [2.05, 4.69) is 43.1 Å². The summed E-state index contributed by atoms with van der Waals surface area (Å²) in [7, 11) is 0. The predicted molar refractivity (Wildman–Crippen MR) is 88.2 cm³/mol. The van der Waals surface area contributed by atoms with Gasteiger partial charge in [0.2, 0.25) is 5.91 Å². The number of nitrogens with one attached hydrogen (secondary N) is 1. The lowest BCUT2D eigenvalue weighted by Crippen LogP contribution is -2.63. The molecule has 0 atom stereocenters. The van der Waals surface area contributed by atoms with Crippen molar-refractivity contribution in [3.8, 4) is 0 Å². The Labute approximate surface area is 129 Å². The van der Waals surface area contributed by atoms with E-state index < -0.39 is 0 Å². The van der Waals surface area contributed by atoms with E-state index in [1.54, 1.807) is 0 Å². The van der Waals surface area contributed by atoms with Crippen molar-refractivity contribution in [3.05, 3.63) is 23.3 Å². The number of nitrogens with zero attached hydrogens (tertiary/aromatic N) is 1. The number of carbonyl (C=O) groups is 1. The van der Waals surface area contributed by atoms with Gasteiger partial charge in [0.15, 0.2) is 0 Å². The summed E-state index contributed by atoms with van der Waals surface area (Å²) in [4.78, 5) is 14.8. The van der Waals surface area contributed by atoms with Gasteiger partial charge in [-0.25, -0.2) is 0 Å². The Balaban J connectivity index is 1.94. The molecule has 1 saturated heterocycles. The molecule has 0 aromatic rings. The van der Waals surface area contributed by atoms with Crippen molar-refractivity contribution in [2.24, 2.45) is 0 Å². The lowest BCUT2D eigenvalue weighted by atomic mass is 9.91. The average Bonchev–Trinajstić information content (AvgIpc) is 2.91. The minimum absolute atomic E-state index is 0.199. The van der Waals surface area contributed by atoms with Crippen LogP contribution in [0.15, 0.2) is 23.3 Å². The van der Waals surface area contributed by atoms with Crippen LogP contribution in [0, 0.1) is 0 Å². The molecule has 118 valence electrons. The molecular weight excluding hydrogens is 260 g/mol. The third kappa shape index (κ3) is 3.97. The number of allylic oxidation sites excluding steroid dienone is 3. The van der Waals surface area contributed by atoms with Crippen LogP contribution in [0.5, 0.6) is 0 Å². The van der Waals surface area contributed by atoms with Crippen LogP contribution in [0.2, 0.25) is 0 Å². The molecule has 3 nitrogen and oxygen atoms in total. The van der Waals surface area contributed by atoms with Crippen LogP contribution >= 0.6 is 0 Å². The van der Waals surface area contributed by atoms with E-state index >= 15 is 0 Å². The van der Waals surface area contributed by atoms with E-state index in [0.29, 0.717) is 0 Å². The van der Waals surface area contributed by atoms with Crippen LogP contribution in [0.1, 0.15) is 59.3 Å². The van der Waals surface area contributed by atoms with E-state index in [1.165, 1.54) is 24.0 Å². The predicted octanol–water partition coefficient (Wildman–Crippen LogP) is 3.42. The molecule has 0 bridgehead atoms. The van der Waals surface area contributed by atoms with Crippen LogP contribution in [-0.2, 0) is 4.79 Å². The summed E-state index contributed by atoms with van der Waals surface area (Å²) in [6, 6.07) is 0. The molecule has 1 aliphatic heterocycles. The molecule has 21 heavy (non-hydrogen) atoms. The number of piperazine rings is 1. The smallest absolute Gasteiger partial charge is 0.240 e. The molecule has 2 aliphatic rings. The molecule has 1 aliphatic carbocycles. The SMILES string of the molecule is CC(C)=CCCC(C)=CCN1CCNC(=O)C12CCCC2. The molecule has 1 amide bonds. The zero-order valence-corrected chi connectivity index (χ0v) is 13.9. The Morgan fingerprint density at radius 3 is 2.62 bits per heavy atom. The topological polar surface area (TPSA) is 32.3 Å². The zero-order valence-electron chi connectivity index (χ0n) is 13.9. The minimum atomic E-state index is -0.199. The summed E-state index contributed by atoms with van der Waals surface area (Å²) in [5, 5.41) is 3.07. The first-order valence-corrected chi connectivity index (χ1v) is 8.37. The molecule has 1 N–H and O–H groups in total. The standard InChI is InChI=1S/C18H30N2O/c1-15(2)7-6-8-16(3)9-13-20-14-12-19-17(21)18(20)10-4-5-11-18/h7,9H,4-6,8,10-14H2,1-3H3,(H,19,21). The first kappa shape index (κ1) is 16.3. The van der Waals surface area contributed by atoms with Gasteiger partial charge in [-0.05, 0) is 46.5 Å². The Morgan fingerprint density at radius 2 is 1.95 bits per heavy atom. The Hall–Kier alpha value is -1.09. The fourth-order valence-corrected chi connectivity index (χ4v) is 3.55. The van der Waals surface area contributed by atoms with E-state index in [1.807, 2.05) is 0 Å². The van der Waals surface area contributed by atoms with Gasteiger partial charge in [0.25, 0.3) is 0 Å². The molecule has 1 heterocycles. The van der Waals surface area contributed by atoms with Crippen molar-refractivity contribution >= 4 is 5.91 Å². The lowest BCUT2D eigenvalue weighted by molar-refractivity contribution is -0.136. The first-order chi connectivity index (χ1) is 10.0. The molecule has 0 aromatic heterocycles. The van der Waals surface area contributed by atoms with Gasteiger partial charge in [-0.3, -0.25) is 9.69 Å². The highest BCUT2D eigenvalue weighted by molar-refractivity contribution is 5.87. The van der Waals surface area contributed by atoms with Gasteiger partial charge in [-0.15, -0.1) is 0 Å². The van der Waals surface area contributed by atoms with Crippen molar-refractivity contribution in [2.75, 3.05) is 19.6 Å². The molecule has 3 heteroatoms. The van der Waals surface area contributed by atoms with Gasteiger partial charge in [-0.2, -0.15) is 0 Å². The molecule has 0 radical (unpaired) electrons. The van der Waals surface area contributed by atoms with Gasteiger partial charge in [0, 0.05) is 19.6 Å². The van der Waals surface area contributed by atoms with Gasteiger partial charge in [0.05, 0.1) is 0 Å². The van der Waals surface area contributed by atoms with Gasteiger partial charge < -0.3 is 5.32 Å². The van der Waals surface area contributed by atoms with Gasteiger partial charge in [0.1, 0.15) is 5.54 Å². The van der Waals surface area contributed by atoms with E-state index in [9.17, 15) is 4.79 Å². The fraction of sp³-hybridized carbons (Fsp3) is 0.722. The largest absolute Gasteiger partial charge is 0.353 e. The van der Waals surface area contributed by atoms with E-state index in [4.69, 9.17) is 0 Å². The van der Waals surface area contributed by atoms with Crippen LogP contribution in [-0.4, -0.2) is 36.0 Å². The summed E-state index contributed by atoms with van der Waals surface area (Å²) in [5.41, 5.74) is 2.63. The summed E-state index contributed by atoms with van der Waals surface area (Å²) >= 11 is 0. The second kappa shape index (κ2) is 7.26. The molecular formula is C18H30N2O. The summed E-state index contributed by atoms with van der Waals surface area (Å²) in [6.07, 6.45) is 11.3. The van der Waals surface area contributed by atoms with Crippen molar-refractivity contribution in [1.29, 1.82) is 0 Å². The number of rotatable bonds is 5.